The van der Waals surface area contributed by atoms with E-state index in [1.807, 2.05) is 30.3 Å². The summed E-state index contributed by atoms with van der Waals surface area (Å²) >= 11 is 0. The summed E-state index contributed by atoms with van der Waals surface area (Å²) in [5.74, 6) is -0.465. The van der Waals surface area contributed by atoms with Crippen LogP contribution in [0, 0.1) is 10.1 Å². The van der Waals surface area contributed by atoms with Crippen LogP contribution in [0.3, 0.4) is 0 Å². The molecule has 0 aliphatic rings. The maximum atomic E-state index is 12.2. The second kappa shape index (κ2) is 9.32. The van der Waals surface area contributed by atoms with E-state index in [2.05, 4.69) is 17.5 Å². The first-order chi connectivity index (χ1) is 12.1. The van der Waals surface area contributed by atoms with Crippen molar-refractivity contribution in [2.45, 2.75) is 32.6 Å². The Morgan fingerprint density at radius 2 is 1.80 bits per heavy atom. The molecule has 6 heteroatoms. The van der Waals surface area contributed by atoms with Crippen molar-refractivity contribution in [3.8, 4) is 0 Å². The van der Waals surface area contributed by atoms with Crippen molar-refractivity contribution in [2.75, 3.05) is 0 Å². The highest BCUT2D eigenvalue weighted by Gasteiger charge is 2.11. The second-order valence-corrected chi connectivity index (χ2v) is 5.63. The number of nitro groups is 1. The van der Waals surface area contributed by atoms with E-state index in [1.165, 1.54) is 24.3 Å². The fourth-order valence-corrected chi connectivity index (χ4v) is 2.38. The van der Waals surface area contributed by atoms with Crippen molar-refractivity contribution in [3.63, 3.8) is 0 Å². The summed E-state index contributed by atoms with van der Waals surface area (Å²) in [6, 6.07) is 15.3. The van der Waals surface area contributed by atoms with E-state index in [4.69, 9.17) is 0 Å². The first-order valence-electron chi connectivity index (χ1n) is 8.28. The first-order valence-corrected chi connectivity index (χ1v) is 8.28. The summed E-state index contributed by atoms with van der Waals surface area (Å²) in [7, 11) is 0. The Morgan fingerprint density at radius 1 is 1.08 bits per heavy atom. The van der Waals surface area contributed by atoms with Gasteiger partial charge in [0, 0.05) is 17.7 Å². The van der Waals surface area contributed by atoms with Gasteiger partial charge in [0.2, 0.25) is 0 Å². The molecule has 0 aromatic heterocycles. The van der Waals surface area contributed by atoms with E-state index in [1.54, 1.807) is 0 Å². The Kier molecular flexibility index (Phi) is 6.83. The zero-order chi connectivity index (χ0) is 18.1. The molecule has 25 heavy (non-hydrogen) atoms. The number of nitrogens with zero attached hydrogens (tertiary/aromatic N) is 2. The van der Waals surface area contributed by atoms with Crippen LogP contribution in [-0.2, 0) is 0 Å². The Balaban J connectivity index is 2.15. The van der Waals surface area contributed by atoms with Crippen LogP contribution in [-0.4, -0.2) is 16.5 Å². The highest BCUT2D eigenvalue weighted by molar-refractivity contribution is 6.02. The van der Waals surface area contributed by atoms with Gasteiger partial charge in [-0.25, -0.2) is 5.43 Å². The number of hydrogen-bond acceptors (Lipinski definition) is 4. The van der Waals surface area contributed by atoms with E-state index in [0.29, 0.717) is 0 Å². The molecule has 2 rings (SSSR count). The fraction of sp³-hybridized carbons (Fsp3) is 0.263. The fourth-order valence-electron chi connectivity index (χ4n) is 2.38. The number of non-ortho nitro benzene ring substituents is 1. The number of benzene rings is 2. The lowest BCUT2D eigenvalue weighted by atomic mass is 10.0. The SMILES string of the molecule is CCCCC/C(=N/NC(=O)c1cccc([N+](=O)[O-])c1)c1ccccc1. The predicted octanol–water partition coefficient (Wildman–Crippen LogP) is 4.31. The lowest BCUT2D eigenvalue weighted by molar-refractivity contribution is -0.384. The Bertz CT molecular complexity index is 758. The summed E-state index contributed by atoms with van der Waals surface area (Å²) in [5, 5.41) is 15.1. The molecular weight excluding hydrogens is 318 g/mol. The van der Waals surface area contributed by atoms with Gasteiger partial charge in [-0.15, -0.1) is 0 Å². The van der Waals surface area contributed by atoms with E-state index in [9.17, 15) is 14.9 Å². The summed E-state index contributed by atoms with van der Waals surface area (Å²) in [5.41, 5.74) is 4.36. The number of carbonyl (C=O) groups excluding carboxylic acids is 1. The zero-order valence-corrected chi connectivity index (χ0v) is 14.1. The maximum Gasteiger partial charge on any atom is 0.271 e. The largest absolute Gasteiger partial charge is 0.271 e. The molecule has 0 heterocycles. The molecule has 2 aromatic carbocycles. The molecule has 0 saturated heterocycles. The molecular formula is C19H21N3O3. The number of hydrogen-bond donors (Lipinski definition) is 1. The molecule has 0 unspecified atom stereocenters. The average molecular weight is 339 g/mol. The monoisotopic (exact) mass is 339 g/mol. The Morgan fingerprint density at radius 3 is 2.48 bits per heavy atom. The van der Waals surface area contributed by atoms with Gasteiger partial charge in [-0.05, 0) is 24.5 Å². The molecule has 6 nitrogen and oxygen atoms in total. The van der Waals surface area contributed by atoms with Gasteiger partial charge >= 0.3 is 0 Å². The molecule has 1 N–H and O–H groups in total. The van der Waals surface area contributed by atoms with Gasteiger partial charge in [0.1, 0.15) is 0 Å². The zero-order valence-electron chi connectivity index (χ0n) is 14.1. The maximum absolute atomic E-state index is 12.2. The van der Waals surface area contributed by atoms with Crippen LogP contribution in [0.5, 0.6) is 0 Å². The van der Waals surface area contributed by atoms with Crippen molar-refractivity contribution in [1.82, 2.24) is 5.43 Å². The van der Waals surface area contributed by atoms with Crippen LogP contribution in [0.2, 0.25) is 0 Å². The molecule has 0 spiro atoms. The van der Waals surface area contributed by atoms with Crippen LogP contribution >= 0.6 is 0 Å². The van der Waals surface area contributed by atoms with Crippen molar-refractivity contribution in [3.05, 3.63) is 75.8 Å². The molecule has 0 saturated carbocycles. The van der Waals surface area contributed by atoms with Gasteiger partial charge in [0.05, 0.1) is 10.6 Å². The molecule has 0 aliphatic heterocycles. The number of nitro benzene ring substituents is 1. The summed E-state index contributed by atoms with van der Waals surface area (Å²) in [6.07, 6.45) is 3.93. The summed E-state index contributed by atoms with van der Waals surface area (Å²) in [4.78, 5) is 22.5. The van der Waals surface area contributed by atoms with Crippen molar-refractivity contribution < 1.29 is 9.72 Å². The number of rotatable bonds is 8. The van der Waals surface area contributed by atoms with Crippen LogP contribution in [0.25, 0.3) is 0 Å². The van der Waals surface area contributed by atoms with E-state index in [-0.39, 0.29) is 11.3 Å². The minimum absolute atomic E-state index is 0.122. The van der Waals surface area contributed by atoms with E-state index >= 15 is 0 Å². The minimum atomic E-state index is -0.528. The van der Waals surface area contributed by atoms with Gasteiger partial charge in [-0.3, -0.25) is 14.9 Å². The second-order valence-electron chi connectivity index (χ2n) is 5.63. The molecule has 0 aliphatic carbocycles. The summed E-state index contributed by atoms with van der Waals surface area (Å²) in [6.45, 7) is 2.13. The number of nitrogens with one attached hydrogen (secondary N) is 1. The molecule has 1 amide bonds. The third kappa shape index (κ3) is 5.53. The molecule has 0 fully saturated rings. The average Bonchev–Trinajstić information content (AvgIpc) is 2.65. The molecule has 2 aromatic rings. The van der Waals surface area contributed by atoms with E-state index in [0.717, 1.165) is 37.0 Å². The highest BCUT2D eigenvalue weighted by atomic mass is 16.6. The number of amides is 1. The van der Waals surface area contributed by atoms with Gasteiger partial charge in [0.15, 0.2) is 0 Å². The van der Waals surface area contributed by atoms with Gasteiger partial charge in [0.25, 0.3) is 11.6 Å². The van der Waals surface area contributed by atoms with Crippen molar-refractivity contribution >= 4 is 17.3 Å². The topological polar surface area (TPSA) is 84.6 Å². The van der Waals surface area contributed by atoms with Crippen molar-refractivity contribution in [2.24, 2.45) is 5.10 Å². The Hall–Kier alpha value is -3.02. The van der Waals surface area contributed by atoms with Gasteiger partial charge < -0.3 is 0 Å². The number of unbranched alkanes of at least 4 members (excludes halogenated alkanes) is 2. The van der Waals surface area contributed by atoms with E-state index < -0.39 is 10.8 Å². The first kappa shape index (κ1) is 18.3. The van der Waals surface area contributed by atoms with Crippen LogP contribution < -0.4 is 5.43 Å². The Labute approximate surface area is 146 Å². The quantitative estimate of drug-likeness (QED) is 0.336. The predicted molar refractivity (Wildman–Crippen MR) is 97.7 cm³/mol. The smallest absolute Gasteiger partial charge is 0.267 e. The minimum Gasteiger partial charge on any atom is -0.267 e. The molecule has 0 bridgehead atoms. The molecule has 0 radical (unpaired) electrons. The molecule has 130 valence electrons. The lowest BCUT2D eigenvalue weighted by Crippen LogP contribution is -2.20. The highest BCUT2D eigenvalue weighted by Crippen LogP contribution is 2.13. The van der Waals surface area contributed by atoms with Crippen molar-refractivity contribution in [1.29, 1.82) is 0 Å². The van der Waals surface area contributed by atoms with Crippen LogP contribution in [0.1, 0.15) is 48.5 Å². The molecule has 0 atom stereocenters. The third-order valence-corrected chi connectivity index (χ3v) is 3.74. The number of carbonyl (C=O) groups is 1. The lowest BCUT2D eigenvalue weighted by Gasteiger charge is -2.07. The van der Waals surface area contributed by atoms with Crippen LogP contribution in [0.4, 0.5) is 5.69 Å². The van der Waals surface area contributed by atoms with Gasteiger partial charge in [-0.1, -0.05) is 56.2 Å². The van der Waals surface area contributed by atoms with Crippen LogP contribution in [0.15, 0.2) is 59.7 Å². The number of hydrazone groups is 1. The summed E-state index contributed by atoms with van der Waals surface area (Å²) < 4.78 is 0. The standard InChI is InChI=1S/C19H21N3O3/c1-2-3-5-13-18(15-9-6-4-7-10-15)20-21-19(23)16-11-8-12-17(14-16)22(24)25/h4,6-12,14H,2-3,5,13H2,1H3,(H,21,23)/b20-18-. The third-order valence-electron chi connectivity index (χ3n) is 3.74. The van der Waals surface area contributed by atoms with Gasteiger partial charge in [-0.2, -0.15) is 5.10 Å². The normalized spacial score (nSPS) is 11.2.